The lowest BCUT2D eigenvalue weighted by Crippen LogP contribution is -2.37. The zero-order chi connectivity index (χ0) is 13.6. The molecule has 0 radical (unpaired) electrons. The fourth-order valence-corrected chi connectivity index (χ4v) is 1.29. The van der Waals surface area contributed by atoms with Crippen LogP contribution in [0, 0.1) is 0 Å². The number of carbonyl (C=O) groups is 1. The maximum atomic E-state index is 12.4. The molecule has 7 heteroatoms. The minimum Gasteiger partial charge on any atom is -0.337 e. The molecule has 0 bridgehead atoms. The quantitative estimate of drug-likeness (QED) is 0.768. The van der Waals surface area contributed by atoms with Crippen molar-refractivity contribution in [3.05, 3.63) is 35.4 Å². The van der Waals surface area contributed by atoms with Crippen molar-refractivity contribution in [3.63, 3.8) is 0 Å². The molecule has 0 aliphatic rings. The molecule has 1 aromatic carbocycles. The van der Waals surface area contributed by atoms with Gasteiger partial charge in [-0.25, -0.2) is 4.79 Å². The lowest BCUT2D eigenvalue weighted by atomic mass is 10.1. The average Bonchev–Trinajstić information content (AvgIpc) is 2.33. The maximum absolute atomic E-state index is 12.4. The largest absolute Gasteiger partial charge is 0.416 e. The van der Waals surface area contributed by atoms with Crippen LogP contribution in [0.25, 0.3) is 0 Å². The summed E-state index contributed by atoms with van der Waals surface area (Å²) in [7, 11) is 0. The van der Waals surface area contributed by atoms with E-state index in [0.29, 0.717) is 18.7 Å². The summed E-state index contributed by atoms with van der Waals surface area (Å²) in [5.74, 6) is 0. The van der Waals surface area contributed by atoms with Crippen molar-refractivity contribution in [1.82, 2.24) is 10.6 Å². The summed E-state index contributed by atoms with van der Waals surface area (Å²) < 4.78 is 37.3. The summed E-state index contributed by atoms with van der Waals surface area (Å²) in [6.45, 7) is 0.645. The van der Waals surface area contributed by atoms with Gasteiger partial charge in [-0.05, 0) is 17.7 Å². The van der Waals surface area contributed by atoms with Gasteiger partial charge in [-0.15, -0.1) is 0 Å². The molecule has 0 aromatic heterocycles. The van der Waals surface area contributed by atoms with Gasteiger partial charge in [-0.3, -0.25) is 0 Å². The third kappa shape index (κ3) is 4.62. The van der Waals surface area contributed by atoms with E-state index >= 15 is 0 Å². The molecule has 0 spiro atoms. The Morgan fingerprint density at radius 3 is 2.61 bits per heavy atom. The van der Waals surface area contributed by atoms with E-state index in [1.54, 1.807) is 0 Å². The number of urea groups is 1. The van der Waals surface area contributed by atoms with Crippen LogP contribution in [0.3, 0.4) is 0 Å². The van der Waals surface area contributed by atoms with Gasteiger partial charge in [0.2, 0.25) is 0 Å². The topological polar surface area (TPSA) is 67.1 Å². The Labute approximate surface area is 102 Å². The Kier molecular flexibility index (Phi) is 4.96. The number of amides is 2. The second-order valence-corrected chi connectivity index (χ2v) is 3.60. The molecule has 4 nitrogen and oxygen atoms in total. The minimum atomic E-state index is -4.38. The third-order valence-electron chi connectivity index (χ3n) is 2.14. The van der Waals surface area contributed by atoms with Crippen LogP contribution in [0.1, 0.15) is 11.1 Å². The van der Waals surface area contributed by atoms with Crippen LogP contribution < -0.4 is 16.4 Å². The summed E-state index contributed by atoms with van der Waals surface area (Å²) in [5.41, 5.74) is 4.83. The van der Waals surface area contributed by atoms with Gasteiger partial charge in [0.1, 0.15) is 0 Å². The number of hydrogen-bond donors (Lipinski definition) is 3. The molecule has 1 rings (SSSR count). The zero-order valence-electron chi connectivity index (χ0n) is 9.55. The van der Waals surface area contributed by atoms with Crippen molar-refractivity contribution < 1.29 is 18.0 Å². The fourth-order valence-electron chi connectivity index (χ4n) is 1.29. The number of halogens is 3. The van der Waals surface area contributed by atoms with Crippen molar-refractivity contribution in [3.8, 4) is 0 Å². The molecule has 0 heterocycles. The standard InChI is InChI=1S/C11H14F3N3O/c12-11(13,14)9-3-1-2-8(6-9)7-17-10(18)16-5-4-15/h1-3,6H,4-5,7,15H2,(H2,16,17,18). The minimum absolute atomic E-state index is 0.0281. The van der Waals surface area contributed by atoms with Crippen LogP contribution in [-0.4, -0.2) is 19.1 Å². The molecule has 2 amide bonds. The van der Waals surface area contributed by atoms with E-state index in [-0.39, 0.29) is 6.54 Å². The number of carbonyl (C=O) groups excluding carboxylic acids is 1. The van der Waals surface area contributed by atoms with Crippen molar-refractivity contribution in [2.75, 3.05) is 13.1 Å². The highest BCUT2D eigenvalue weighted by molar-refractivity contribution is 5.73. The van der Waals surface area contributed by atoms with Gasteiger partial charge in [0.15, 0.2) is 0 Å². The highest BCUT2D eigenvalue weighted by Crippen LogP contribution is 2.29. The second kappa shape index (κ2) is 6.25. The van der Waals surface area contributed by atoms with Crippen LogP contribution in [0.5, 0.6) is 0 Å². The number of hydrogen-bond acceptors (Lipinski definition) is 2. The second-order valence-electron chi connectivity index (χ2n) is 3.60. The molecule has 0 unspecified atom stereocenters. The van der Waals surface area contributed by atoms with E-state index in [0.717, 1.165) is 12.1 Å². The summed E-state index contributed by atoms with van der Waals surface area (Å²) in [6.07, 6.45) is -4.38. The first-order valence-corrected chi connectivity index (χ1v) is 5.31. The summed E-state index contributed by atoms with van der Waals surface area (Å²) in [4.78, 5) is 11.2. The Morgan fingerprint density at radius 2 is 2.00 bits per heavy atom. The highest BCUT2D eigenvalue weighted by atomic mass is 19.4. The Morgan fingerprint density at radius 1 is 1.28 bits per heavy atom. The van der Waals surface area contributed by atoms with Crippen LogP contribution in [0.15, 0.2) is 24.3 Å². The average molecular weight is 261 g/mol. The van der Waals surface area contributed by atoms with Crippen LogP contribution in [0.2, 0.25) is 0 Å². The highest BCUT2D eigenvalue weighted by Gasteiger charge is 2.30. The molecular weight excluding hydrogens is 247 g/mol. The summed E-state index contributed by atoms with van der Waals surface area (Å²) in [5, 5.41) is 4.89. The monoisotopic (exact) mass is 261 g/mol. The van der Waals surface area contributed by atoms with Gasteiger partial charge >= 0.3 is 12.2 Å². The number of rotatable bonds is 4. The molecule has 0 aliphatic heterocycles. The van der Waals surface area contributed by atoms with Gasteiger partial charge in [0, 0.05) is 19.6 Å². The molecule has 1 aromatic rings. The summed E-state index contributed by atoms with van der Waals surface area (Å²) >= 11 is 0. The number of nitrogens with two attached hydrogens (primary N) is 1. The van der Waals surface area contributed by atoms with Crippen LogP contribution in [0.4, 0.5) is 18.0 Å². The fraction of sp³-hybridized carbons (Fsp3) is 0.364. The Hall–Kier alpha value is -1.76. The van der Waals surface area contributed by atoms with Crippen LogP contribution >= 0.6 is 0 Å². The van der Waals surface area contributed by atoms with Crippen molar-refractivity contribution >= 4 is 6.03 Å². The van der Waals surface area contributed by atoms with Crippen molar-refractivity contribution in [2.45, 2.75) is 12.7 Å². The van der Waals surface area contributed by atoms with E-state index in [9.17, 15) is 18.0 Å². The molecule has 0 fully saturated rings. The predicted molar refractivity (Wildman–Crippen MR) is 60.7 cm³/mol. The van der Waals surface area contributed by atoms with Crippen molar-refractivity contribution in [1.29, 1.82) is 0 Å². The number of alkyl halides is 3. The molecule has 0 saturated heterocycles. The van der Waals surface area contributed by atoms with E-state index in [1.807, 2.05) is 0 Å². The van der Waals surface area contributed by atoms with E-state index in [1.165, 1.54) is 12.1 Å². The smallest absolute Gasteiger partial charge is 0.337 e. The van der Waals surface area contributed by atoms with Crippen molar-refractivity contribution in [2.24, 2.45) is 5.73 Å². The number of benzene rings is 1. The van der Waals surface area contributed by atoms with E-state index in [4.69, 9.17) is 5.73 Å². The molecule has 0 saturated carbocycles. The summed E-state index contributed by atoms with van der Waals surface area (Å²) in [6, 6.07) is 4.34. The van der Waals surface area contributed by atoms with Gasteiger partial charge in [0.25, 0.3) is 0 Å². The van der Waals surface area contributed by atoms with Gasteiger partial charge < -0.3 is 16.4 Å². The van der Waals surface area contributed by atoms with Gasteiger partial charge in [-0.2, -0.15) is 13.2 Å². The molecule has 0 aliphatic carbocycles. The maximum Gasteiger partial charge on any atom is 0.416 e. The molecule has 100 valence electrons. The first kappa shape index (κ1) is 14.3. The first-order valence-electron chi connectivity index (χ1n) is 5.31. The van der Waals surface area contributed by atoms with E-state index < -0.39 is 17.8 Å². The molecule has 18 heavy (non-hydrogen) atoms. The molecular formula is C11H14F3N3O. The SMILES string of the molecule is NCCNC(=O)NCc1cccc(C(F)(F)F)c1. The van der Waals surface area contributed by atoms with Gasteiger partial charge in [-0.1, -0.05) is 12.1 Å². The third-order valence-corrected chi connectivity index (χ3v) is 2.14. The lowest BCUT2D eigenvalue weighted by molar-refractivity contribution is -0.137. The van der Waals surface area contributed by atoms with Crippen LogP contribution in [-0.2, 0) is 12.7 Å². The number of nitrogens with one attached hydrogen (secondary N) is 2. The first-order chi connectivity index (χ1) is 8.43. The lowest BCUT2D eigenvalue weighted by Gasteiger charge is -2.10. The normalized spacial score (nSPS) is 11.1. The molecule has 0 atom stereocenters. The molecule has 4 N–H and O–H groups in total. The Bertz CT molecular complexity index is 407. The Balaban J connectivity index is 2.55. The van der Waals surface area contributed by atoms with Gasteiger partial charge in [0.05, 0.1) is 5.56 Å². The predicted octanol–water partition coefficient (Wildman–Crippen LogP) is 1.46. The van der Waals surface area contributed by atoms with E-state index in [2.05, 4.69) is 10.6 Å². The zero-order valence-corrected chi connectivity index (χ0v) is 9.55.